The highest BCUT2D eigenvalue weighted by Gasteiger charge is 2.20. The quantitative estimate of drug-likeness (QED) is 0.0320. The highest BCUT2D eigenvalue weighted by Crippen LogP contribution is 2.20. The number of carbonyl (C=O) groups excluding carboxylic acids is 2. The molecule has 0 aliphatic carbocycles. The van der Waals surface area contributed by atoms with Crippen LogP contribution in [0, 0.1) is 0 Å². The number of nitrogens with one attached hydrogen (secondary N) is 1. The molecule has 6 heteroatoms. The van der Waals surface area contributed by atoms with Gasteiger partial charge in [-0.05, 0) is 77.0 Å². The summed E-state index contributed by atoms with van der Waals surface area (Å²) in [6, 6.07) is -0.545. The van der Waals surface area contributed by atoms with Crippen LogP contribution in [0.25, 0.3) is 0 Å². The van der Waals surface area contributed by atoms with E-state index in [0.29, 0.717) is 25.9 Å². The van der Waals surface area contributed by atoms with Crippen molar-refractivity contribution in [3.05, 3.63) is 24.3 Å². The molecule has 0 fully saturated rings. The molecule has 0 aliphatic heterocycles. The Morgan fingerprint density at radius 2 is 0.560 bits per heavy atom. The fourth-order valence-electron chi connectivity index (χ4n) is 12.3. The maximum absolute atomic E-state index is 12.6. The Balaban J connectivity index is 3.39. The molecule has 3 N–H and O–H groups in total. The average Bonchev–Trinajstić information content (AvgIpc) is 3.53. The fraction of sp³-hybridized carbons (Fsp3) is 0.923. The van der Waals surface area contributed by atoms with Gasteiger partial charge in [-0.3, -0.25) is 9.59 Å². The Bertz CT molecular complexity index is 1320. The first-order valence-corrected chi connectivity index (χ1v) is 38.6. The average molecular weight is 1180 g/mol. The standard InChI is InChI=1S/C78H151NO5/c1-3-5-7-9-11-13-15-17-19-21-23-24-25-29-32-35-38-42-46-50-54-58-62-66-70-76(81)75(74-80)79-77(82)71-67-63-59-55-51-47-43-39-36-33-30-27-26-28-31-34-37-41-45-49-53-57-61-65-69-73-84-78(83)72-68-64-60-56-52-48-44-40-22-20-18-16-14-12-10-8-6-4-2/h20,22,27,30,75-76,80-81H,3-19,21,23-26,28-29,31-74H2,1-2H3,(H,79,82)/b22-20-,30-27-. The van der Waals surface area contributed by atoms with E-state index in [1.807, 2.05) is 0 Å². The Labute approximate surface area is 526 Å². The van der Waals surface area contributed by atoms with Gasteiger partial charge in [0.2, 0.25) is 5.91 Å². The van der Waals surface area contributed by atoms with Crippen molar-refractivity contribution >= 4 is 11.9 Å². The minimum Gasteiger partial charge on any atom is -0.466 e. The molecule has 0 rings (SSSR count). The molecule has 0 aliphatic rings. The summed E-state index contributed by atoms with van der Waals surface area (Å²) in [5, 5.41) is 23.5. The van der Waals surface area contributed by atoms with Gasteiger partial charge in [0.15, 0.2) is 0 Å². The van der Waals surface area contributed by atoms with Gasteiger partial charge in [-0.15, -0.1) is 0 Å². The van der Waals surface area contributed by atoms with E-state index in [1.165, 1.54) is 360 Å². The third-order valence-electron chi connectivity index (χ3n) is 18.2. The monoisotopic (exact) mass is 1180 g/mol. The lowest BCUT2D eigenvalue weighted by atomic mass is 10.0. The van der Waals surface area contributed by atoms with Gasteiger partial charge < -0.3 is 20.3 Å². The van der Waals surface area contributed by atoms with Gasteiger partial charge in [0, 0.05) is 12.8 Å². The van der Waals surface area contributed by atoms with Crippen molar-refractivity contribution in [2.75, 3.05) is 13.2 Å². The zero-order valence-electron chi connectivity index (χ0n) is 57.2. The Morgan fingerprint density at radius 1 is 0.321 bits per heavy atom. The second kappa shape index (κ2) is 73.8. The summed E-state index contributed by atoms with van der Waals surface area (Å²) in [5.74, 6) is -0.0210. The van der Waals surface area contributed by atoms with Crippen molar-refractivity contribution in [3.63, 3.8) is 0 Å². The van der Waals surface area contributed by atoms with E-state index in [4.69, 9.17) is 4.74 Å². The number of aliphatic hydroxyl groups is 2. The van der Waals surface area contributed by atoms with Crippen molar-refractivity contribution in [1.29, 1.82) is 0 Å². The van der Waals surface area contributed by atoms with Crippen LogP contribution in [0.3, 0.4) is 0 Å². The van der Waals surface area contributed by atoms with Crippen LogP contribution in [0.5, 0.6) is 0 Å². The Kier molecular flexibility index (Phi) is 72.3. The van der Waals surface area contributed by atoms with Crippen molar-refractivity contribution < 1.29 is 24.5 Å². The minimum atomic E-state index is -0.668. The smallest absolute Gasteiger partial charge is 0.305 e. The molecule has 0 bridgehead atoms. The van der Waals surface area contributed by atoms with Crippen molar-refractivity contribution in [1.82, 2.24) is 5.32 Å². The Morgan fingerprint density at radius 3 is 0.845 bits per heavy atom. The lowest BCUT2D eigenvalue weighted by Gasteiger charge is -2.22. The van der Waals surface area contributed by atoms with Crippen molar-refractivity contribution in [3.8, 4) is 0 Å². The number of hydrogen-bond donors (Lipinski definition) is 3. The molecule has 0 aromatic heterocycles. The minimum absolute atomic E-state index is 0.0118. The first kappa shape index (κ1) is 82.3. The molecule has 0 aromatic carbocycles. The van der Waals surface area contributed by atoms with Crippen LogP contribution in [0.2, 0.25) is 0 Å². The summed E-state index contributed by atoms with van der Waals surface area (Å²) in [7, 11) is 0. The SMILES string of the molecule is CCCCCCCCC/C=C\CCCCCCCCCC(=O)OCCCCCCCCCCCCCC/C=C\CCCCCCCCCCCC(=O)NC(CO)C(O)CCCCCCCCCCCCCCCCCCCCCCCCCC. The van der Waals surface area contributed by atoms with Gasteiger partial charge in [-0.25, -0.2) is 0 Å². The number of esters is 1. The molecule has 2 atom stereocenters. The number of unbranched alkanes of at least 4 members (excludes halogenated alkanes) is 58. The lowest BCUT2D eigenvalue weighted by molar-refractivity contribution is -0.143. The third-order valence-corrected chi connectivity index (χ3v) is 18.2. The van der Waals surface area contributed by atoms with Crippen LogP contribution in [-0.2, 0) is 14.3 Å². The number of allylic oxidation sites excluding steroid dienone is 4. The molecule has 0 radical (unpaired) electrons. The summed E-state index contributed by atoms with van der Waals surface area (Å²) >= 11 is 0. The van der Waals surface area contributed by atoms with Gasteiger partial charge in [0.1, 0.15) is 0 Å². The van der Waals surface area contributed by atoms with Gasteiger partial charge >= 0.3 is 5.97 Å². The molecule has 0 spiro atoms. The van der Waals surface area contributed by atoms with Gasteiger partial charge in [0.05, 0.1) is 25.4 Å². The zero-order valence-corrected chi connectivity index (χ0v) is 57.2. The van der Waals surface area contributed by atoms with E-state index in [2.05, 4.69) is 43.5 Å². The fourth-order valence-corrected chi connectivity index (χ4v) is 12.3. The molecule has 0 aromatic rings. The first-order valence-electron chi connectivity index (χ1n) is 38.6. The molecule has 0 saturated heterocycles. The predicted octanol–water partition coefficient (Wildman–Crippen LogP) is 25.3. The predicted molar refractivity (Wildman–Crippen MR) is 370 cm³/mol. The number of hydrogen-bond acceptors (Lipinski definition) is 5. The topological polar surface area (TPSA) is 95.9 Å². The number of rotatable bonds is 73. The van der Waals surface area contributed by atoms with E-state index < -0.39 is 12.1 Å². The molecule has 84 heavy (non-hydrogen) atoms. The highest BCUT2D eigenvalue weighted by molar-refractivity contribution is 5.76. The summed E-state index contributed by atoms with van der Waals surface area (Å²) in [4.78, 5) is 24.7. The van der Waals surface area contributed by atoms with E-state index in [-0.39, 0.29) is 18.5 Å². The third kappa shape index (κ3) is 69.4. The van der Waals surface area contributed by atoms with Gasteiger partial charge in [-0.2, -0.15) is 0 Å². The summed E-state index contributed by atoms with van der Waals surface area (Å²) in [5.41, 5.74) is 0. The molecule has 2 unspecified atom stereocenters. The molecular weight excluding hydrogens is 1030 g/mol. The van der Waals surface area contributed by atoms with E-state index in [1.54, 1.807) is 0 Å². The largest absolute Gasteiger partial charge is 0.466 e. The van der Waals surface area contributed by atoms with Crippen LogP contribution in [0.1, 0.15) is 438 Å². The van der Waals surface area contributed by atoms with Crippen LogP contribution >= 0.6 is 0 Å². The van der Waals surface area contributed by atoms with E-state index in [9.17, 15) is 19.8 Å². The number of aliphatic hydroxyl groups excluding tert-OH is 2. The molecular formula is C78H151NO5. The van der Waals surface area contributed by atoms with E-state index in [0.717, 1.165) is 44.9 Å². The van der Waals surface area contributed by atoms with Crippen molar-refractivity contribution in [2.45, 2.75) is 450 Å². The van der Waals surface area contributed by atoms with Gasteiger partial charge in [-0.1, -0.05) is 372 Å². The first-order chi connectivity index (χ1) is 41.5. The number of ether oxygens (including phenoxy) is 1. The molecule has 0 saturated carbocycles. The van der Waals surface area contributed by atoms with Crippen LogP contribution < -0.4 is 5.32 Å². The summed E-state index contributed by atoms with van der Waals surface area (Å²) in [6.07, 6.45) is 93.9. The number of carbonyl (C=O) groups is 2. The second-order valence-corrected chi connectivity index (χ2v) is 26.7. The maximum atomic E-state index is 12.6. The highest BCUT2D eigenvalue weighted by atomic mass is 16.5. The second-order valence-electron chi connectivity index (χ2n) is 26.7. The number of amides is 1. The van der Waals surface area contributed by atoms with Crippen molar-refractivity contribution in [2.24, 2.45) is 0 Å². The van der Waals surface area contributed by atoms with Crippen LogP contribution in [0.4, 0.5) is 0 Å². The normalized spacial score (nSPS) is 12.6. The summed E-state index contributed by atoms with van der Waals surface area (Å²) in [6.45, 7) is 5.00. The van der Waals surface area contributed by atoms with E-state index >= 15 is 0 Å². The van der Waals surface area contributed by atoms with Crippen LogP contribution in [-0.4, -0.2) is 47.4 Å². The lowest BCUT2D eigenvalue weighted by Crippen LogP contribution is -2.45. The Hall–Kier alpha value is -1.66. The van der Waals surface area contributed by atoms with Crippen LogP contribution in [0.15, 0.2) is 24.3 Å². The molecule has 498 valence electrons. The zero-order chi connectivity index (χ0) is 60.6. The van der Waals surface area contributed by atoms with Gasteiger partial charge in [0.25, 0.3) is 0 Å². The maximum Gasteiger partial charge on any atom is 0.305 e. The molecule has 1 amide bonds. The summed E-state index contributed by atoms with van der Waals surface area (Å²) < 4.78 is 5.51. The molecule has 6 nitrogen and oxygen atoms in total. The molecule has 0 heterocycles.